The van der Waals surface area contributed by atoms with Crippen molar-refractivity contribution in [2.24, 2.45) is 0 Å². The zero-order chi connectivity index (χ0) is 5.11. The predicted molar refractivity (Wildman–Crippen MR) is 26.1 cm³/mol. The van der Waals surface area contributed by atoms with Crippen LogP contribution in [-0.4, -0.2) is 5.94 Å². The zero-order valence-corrected chi connectivity index (χ0v) is 3.77. The smallest absolute Gasteiger partial charge is 0.146 e. The van der Waals surface area contributed by atoms with Crippen LogP contribution in [-0.2, 0) is 4.79 Å². The molecule has 0 spiro atoms. The fourth-order valence-corrected chi connectivity index (χ4v) is 0.466. The van der Waals surface area contributed by atoms with E-state index in [4.69, 9.17) is 0 Å². The van der Waals surface area contributed by atoms with Gasteiger partial charge in [0.1, 0.15) is 11.6 Å². The van der Waals surface area contributed by atoms with E-state index in [1.807, 2.05) is 6.08 Å². The van der Waals surface area contributed by atoms with Crippen LogP contribution in [0.15, 0.2) is 18.0 Å². The summed E-state index contributed by atoms with van der Waals surface area (Å²) in [7, 11) is 0. The topological polar surface area (TPSA) is 29.1 Å². The normalized spacial score (nSPS) is 16.3. The van der Waals surface area contributed by atoms with Crippen LogP contribution in [0, 0.1) is 0 Å². The number of nitrogens with one attached hydrogen (secondary N) is 1. The van der Waals surface area contributed by atoms with Crippen molar-refractivity contribution in [2.75, 3.05) is 0 Å². The SMILES string of the molecule is O=C=C1CC=CN1. The van der Waals surface area contributed by atoms with Crippen molar-refractivity contribution < 1.29 is 4.79 Å². The van der Waals surface area contributed by atoms with Gasteiger partial charge in [-0.2, -0.15) is 0 Å². The average Bonchev–Trinajstić information content (AvgIpc) is 2.14. The highest BCUT2D eigenvalue weighted by Gasteiger charge is 1.95. The van der Waals surface area contributed by atoms with Gasteiger partial charge in [-0.05, 0) is 6.20 Å². The Morgan fingerprint density at radius 2 is 2.71 bits per heavy atom. The predicted octanol–water partition coefficient (Wildman–Crippen LogP) is 0.209. The summed E-state index contributed by atoms with van der Waals surface area (Å²) in [5.74, 6) is 1.76. The lowest BCUT2D eigenvalue weighted by molar-refractivity contribution is 0.565. The first-order valence-corrected chi connectivity index (χ1v) is 2.09. The number of rotatable bonds is 0. The van der Waals surface area contributed by atoms with Crippen LogP contribution >= 0.6 is 0 Å². The molecular weight excluding hydrogens is 90.1 g/mol. The molecule has 0 amide bonds. The third-order valence-electron chi connectivity index (χ3n) is 0.821. The highest BCUT2D eigenvalue weighted by molar-refractivity contribution is 5.53. The minimum atomic E-state index is 0.625. The molecule has 36 valence electrons. The van der Waals surface area contributed by atoms with Crippen molar-refractivity contribution >= 4 is 5.94 Å². The van der Waals surface area contributed by atoms with E-state index in [0.717, 1.165) is 0 Å². The molecule has 0 saturated carbocycles. The van der Waals surface area contributed by atoms with Gasteiger partial charge in [0.15, 0.2) is 0 Å². The standard InChI is InChI=1S/C5H5NO/c7-4-5-2-1-3-6-5/h1,3,6H,2H2. The first-order valence-electron chi connectivity index (χ1n) is 2.09. The Hall–Kier alpha value is -1.01. The molecule has 7 heavy (non-hydrogen) atoms. The lowest BCUT2D eigenvalue weighted by Gasteiger charge is -1.83. The van der Waals surface area contributed by atoms with Crippen LogP contribution < -0.4 is 5.32 Å². The van der Waals surface area contributed by atoms with Gasteiger partial charge in [0, 0.05) is 6.42 Å². The van der Waals surface area contributed by atoms with Crippen molar-refractivity contribution in [1.29, 1.82) is 0 Å². The molecule has 0 unspecified atom stereocenters. The Morgan fingerprint density at radius 3 is 3.00 bits per heavy atom. The summed E-state index contributed by atoms with van der Waals surface area (Å²) < 4.78 is 0. The van der Waals surface area contributed by atoms with Crippen molar-refractivity contribution in [3.8, 4) is 0 Å². The van der Waals surface area contributed by atoms with Crippen molar-refractivity contribution in [3.63, 3.8) is 0 Å². The van der Waals surface area contributed by atoms with Crippen LogP contribution in [0.2, 0.25) is 0 Å². The van der Waals surface area contributed by atoms with Crippen LogP contribution in [0.1, 0.15) is 6.42 Å². The minimum absolute atomic E-state index is 0.625. The van der Waals surface area contributed by atoms with Crippen molar-refractivity contribution in [1.82, 2.24) is 5.32 Å². The summed E-state index contributed by atoms with van der Waals surface area (Å²) in [4.78, 5) is 9.74. The molecule has 1 N–H and O–H groups in total. The lowest BCUT2D eigenvalue weighted by Crippen LogP contribution is -1.96. The second-order valence-corrected chi connectivity index (χ2v) is 1.33. The Labute approximate surface area is 41.5 Å². The third kappa shape index (κ3) is 0.699. The lowest BCUT2D eigenvalue weighted by atomic mass is 10.4. The number of carbonyl (C=O) groups excluding carboxylic acids is 1. The largest absolute Gasteiger partial charge is 0.356 e. The number of hydrogen-bond donors (Lipinski definition) is 1. The molecule has 0 aromatic heterocycles. The highest BCUT2D eigenvalue weighted by Crippen LogP contribution is 1.98. The summed E-state index contributed by atoms with van der Waals surface area (Å²) in [5.41, 5.74) is 0.625. The zero-order valence-electron chi connectivity index (χ0n) is 3.77. The third-order valence-corrected chi connectivity index (χ3v) is 0.821. The molecule has 1 aliphatic heterocycles. The van der Waals surface area contributed by atoms with Gasteiger partial charge in [0.05, 0.1) is 0 Å². The Kier molecular flexibility index (Phi) is 0.966. The van der Waals surface area contributed by atoms with E-state index in [0.29, 0.717) is 12.1 Å². The van der Waals surface area contributed by atoms with E-state index in [1.54, 1.807) is 12.1 Å². The van der Waals surface area contributed by atoms with E-state index in [9.17, 15) is 4.79 Å². The van der Waals surface area contributed by atoms with E-state index >= 15 is 0 Å². The van der Waals surface area contributed by atoms with Gasteiger partial charge >= 0.3 is 0 Å². The quantitative estimate of drug-likeness (QED) is 0.436. The van der Waals surface area contributed by atoms with Gasteiger partial charge in [-0.1, -0.05) is 6.08 Å². The summed E-state index contributed by atoms with van der Waals surface area (Å²) in [5, 5.41) is 2.72. The second-order valence-electron chi connectivity index (χ2n) is 1.33. The Bertz CT molecular complexity index is 132. The Balaban J connectivity index is 2.68. The van der Waals surface area contributed by atoms with E-state index in [1.165, 1.54) is 0 Å². The van der Waals surface area contributed by atoms with Gasteiger partial charge < -0.3 is 5.32 Å². The monoisotopic (exact) mass is 95.0 g/mol. The minimum Gasteiger partial charge on any atom is -0.356 e. The molecular formula is C5H5NO. The van der Waals surface area contributed by atoms with Gasteiger partial charge in [-0.15, -0.1) is 0 Å². The van der Waals surface area contributed by atoms with E-state index in [2.05, 4.69) is 5.32 Å². The second kappa shape index (κ2) is 1.63. The van der Waals surface area contributed by atoms with Crippen LogP contribution in [0.4, 0.5) is 0 Å². The molecule has 0 aromatic rings. The van der Waals surface area contributed by atoms with Gasteiger partial charge in [-0.3, -0.25) is 0 Å². The summed E-state index contributed by atoms with van der Waals surface area (Å²) in [6, 6.07) is 0. The van der Waals surface area contributed by atoms with Gasteiger partial charge in [0.2, 0.25) is 0 Å². The maximum Gasteiger partial charge on any atom is 0.146 e. The molecule has 2 heteroatoms. The van der Waals surface area contributed by atoms with Gasteiger partial charge in [-0.25, -0.2) is 4.79 Å². The molecule has 0 aliphatic carbocycles. The van der Waals surface area contributed by atoms with Crippen molar-refractivity contribution in [3.05, 3.63) is 18.0 Å². The maximum absolute atomic E-state index is 9.74. The molecule has 1 heterocycles. The van der Waals surface area contributed by atoms with Crippen LogP contribution in [0.5, 0.6) is 0 Å². The first-order chi connectivity index (χ1) is 3.43. The molecule has 1 rings (SSSR count). The van der Waals surface area contributed by atoms with Crippen LogP contribution in [0.3, 0.4) is 0 Å². The fraction of sp³-hybridized carbons (Fsp3) is 0.200. The van der Waals surface area contributed by atoms with Crippen molar-refractivity contribution in [2.45, 2.75) is 6.42 Å². The first kappa shape index (κ1) is 4.16. The van der Waals surface area contributed by atoms with Gasteiger partial charge in [0.25, 0.3) is 0 Å². The number of allylic oxidation sites excluding steroid dienone is 1. The van der Waals surface area contributed by atoms with E-state index < -0.39 is 0 Å². The highest BCUT2D eigenvalue weighted by atomic mass is 16.1. The molecule has 0 fully saturated rings. The van der Waals surface area contributed by atoms with E-state index in [-0.39, 0.29) is 0 Å². The number of hydrogen-bond acceptors (Lipinski definition) is 2. The summed E-state index contributed by atoms with van der Waals surface area (Å²) in [6.07, 6.45) is 4.32. The fourth-order valence-electron chi connectivity index (χ4n) is 0.466. The average molecular weight is 95.1 g/mol. The maximum atomic E-state index is 9.74. The summed E-state index contributed by atoms with van der Waals surface area (Å²) >= 11 is 0. The molecule has 1 aliphatic rings. The molecule has 0 bridgehead atoms. The molecule has 0 saturated heterocycles. The summed E-state index contributed by atoms with van der Waals surface area (Å²) in [6.45, 7) is 0. The Morgan fingerprint density at radius 1 is 1.86 bits per heavy atom. The van der Waals surface area contributed by atoms with Crippen LogP contribution in [0.25, 0.3) is 0 Å². The molecule has 2 nitrogen and oxygen atoms in total. The molecule has 0 radical (unpaired) electrons. The molecule has 0 atom stereocenters. The molecule has 0 aromatic carbocycles.